The van der Waals surface area contributed by atoms with Gasteiger partial charge in [0.05, 0.1) is 10.0 Å². The van der Waals surface area contributed by atoms with Gasteiger partial charge < -0.3 is 16.6 Å². The second kappa shape index (κ2) is 14.4. The Balaban J connectivity index is 2.06. The van der Waals surface area contributed by atoms with Gasteiger partial charge in [-0.1, -0.05) is 59.6 Å². The lowest BCUT2D eigenvalue weighted by Gasteiger charge is -2.26. The van der Waals surface area contributed by atoms with Crippen molar-refractivity contribution in [2.45, 2.75) is 38.3 Å². The molecule has 2 amide bonds. The Hall–Kier alpha value is -3.18. The molecule has 10 nitrogen and oxygen atoms in total. The maximum absolute atomic E-state index is 13.1. The number of hydrogen-bond acceptors (Lipinski definition) is 6. The molecule has 12 heteroatoms. The normalized spacial score (nSPS) is 11.5. The van der Waals surface area contributed by atoms with Gasteiger partial charge in [-0.15, -0.1) is 0 Å². The maximum Gasteiger partial charge on any atom is 0.320 e. The summed E-state index contributed by atoms with van der Waals surface area (Å²) < 4.78 is 0. The number of nitrogens with two attached hydrogens (primary N) is 2. The van der Waals surface area contributed by atoms with Crippen molar-refractivity contribution in [2.24, 2.45) is 11.5 Å². The third-order valence-corrected chi connectivity index (χ3v) is 6.07. The summed E-state index contributed by atoms with van der Waals surface area (Å²) in [4.78, 5) is 37.7. The number of benzene rings is 2. The maximum atomic E-state index is 13.1. The van der Waals surface area contributed by atoms with E-state index in [0.717, 1.165) is 16.0 Å². The van der Waals surface area contributed by atoms with Crippen LogP contribution in [0.1, 0.15) is 30.4 Å². The van der Waals surface area contributed by atoms with Gasteiger partial charge in [-0.05, 0) is 42.5 Å². The molecule has 0 bridgehead atoms. The fourth-order valence-electron chi connectivity index (χ4n) is 3.31. The van der Waals surface area contributed by atoms with Gasteiger partial charge in [0, 0.05) is 19.6 Å². The smallest absolute Gasteiger partial charge is 0.320 e. The fraction of sp³-hybridized carbons (Fsp3) is 0.333. The third kappa shape index (κ3) is 9.46. The number of aliphatic carboxylic acids is 1. The van der Waals surface area contributed by atoms with Crippen molar-refractivity contribution >= 4 is 46.9 Å². The summed E-state index contributed by atoms with van der Waals surface area (Å²) in [5.41, 5.74) is 15.9. The third-order valence-electron chi connectivity index (χ3n) is 5.33. The number of hydrogen-bond donors (Lipinski definition) is 5. The van der Waals surface area contributed by atoms with E-state index in [9.17, 15) is 14.4 Å². The number of carboxylic acids is 1. The molecule has 0 saturated carbocycles. The highest BCUT2D eigenvalue weighted by Crippen LogP contribution is 2.22. The highest BCUT2D eigenvalue weighted by Gasteiger charge is 2.24. The number of guanidine groups is 1. The quantitative estimate of drug-likeness (QED) is 0.113. The molecule has 0 radical (unpaired) electrons. The zero-order valence-electron chi connectivity index (χ0n) is 19.6. The standard InChI is InChI=1S/C24H30Cl2N6O4/c25-18-9-8-17(13-19(18)26)15-30-32(12-10-16-5-2-1-3-6-16)22(34)14-21(33)31(24(28)29)11-4-7-20(27)23(35)36/h1-3,5-6,8-9,13,20,30H,4,7,10-12,14-15,27H2,(H3,28,29)(H,35,36). The van der Waals surface area contributed by atoms with Crippen LogP contribution in [-0.4, -0.2) is 57.9 Å². The molecule has 0 aromatic heterocycles. The van der Waals surface area contributed by atoms with Gasteiger partial charge in [0.25, 0.3) is 0 Å². The van der Waals surface area contributed by atoms with Crippen LogP contribution in [0.2, 0.25) is 10.0 Å². The molecule has 2 rings (SSSR count). The van der Waals surface area contributed by atoms with Crippen LogP contribution in [0.4, 0.5) is 0 Å². The fourth-order valence-corrected chi connectivity index (χ4v) is 3.63. The number of amides is 2. The van der Waals surface area contributed by atoms with Crippen molar-refractivity contribution in [3.8, 4) is 0 Å². The van der Waals surface area contributed by atoms with E-state index >= 15 is 0 Å². The van der Waals surface area contributed by atoms with Crippen LogP contribution >= 0.6 is 23.2 Å². The summed E-state index contributed by atoms with van der Waals surface area (Å²) in [5, 5.41) is 18.7. The molecule has 2 aromatic carbocycles. The SMILES string of the molecule is N=C(N)N(CCCC(N)C(=O)O)C(=O)CC(=O)N(CCc1ccccc1)NCc1ccc(Cl)c(Cl)c1. The first-order valence-electron chi connectivity index (χ1n) is 11.2. The van der Waals surface area contributed by atoms with E-state index in [1.807, 2.05) is 30.3 Å². The second-order valence-electron chi connectivity index (χ2n) is 8.06. The Morgan fingerprint density at radius 2 is 1.69 bits per heavy atom. The molecular weight excluding hydrogens is 507 g/mol. The average molecular weight is 537 g/mol. The van der Waals surface area contributed by atoms with Crippen LogP contribution < -0.4 is 16.9 Å². The molecule has 0 saturated heterocycles. The highest BCUT2D eigenvalue weighted by molar-refractivity contribution is 6.42. The molecule has 1 atom stereocenters. The highest BCUT2D eigenvalue weighted by atomic mass is 35.5. The van der Waals surface area contributed by atoms with E-state index in [1.54, 1.807) is 18.2 Å². The number of carbonyl (C=O) groups is 3. The van der Waals surface area contributed by atoms with Crippen molar-refractivity contribution < 1.29 is 19.5 Å². The molecule has 0 aliphatic rings. The molecule has 0 heterocycles. The van der Waals surface area contributed by atoms with Crippen LogP contribution in [0.25, 0.3) is 0 Å². The second-order valence-corrected chi connectivity index (χ2v) is 8.87. The molecule has 0 spiro atoms. The van der Waals surface area contributed by atoms with Gasteiger partial charge in [-0.2, -0.15) is 0 Å². The Bertz CT molecular complexity index is 1070. The lowest BCUT2D eigenvalue weighted by molar-refractivity contribution is -0.141. The van der Waals surface area contributed by atoms with Crippen LogP contribution in [0, 0.1) is 5.41 Å². The zero-order chi connectivity index (χ0) is 26.7. The summed E-state index contributed by atoms with van der Waals surface area (Å²) in [7, 11) is 0. The molecule has 194 valence electrons. The van der Waals surface area contributed by atoms with Crippen LogP contribution in [-0.2, 0) is 27.3 Å². The summed E-state index contributed by atoms with van der Waals surface area (Å²) in [6.45, 7) is 0.517. The van der Waals surface area contributed by atoms with Crippen molar-refractivity contribution in [1.82, 2.24) is 15.3 Å². The Morgan fingerprint density at radius 1 is 1.00 bits per heavy atom. The number of rotatable bonds is 13. The Kier molecular flexibility index (Phi) is 11.6. The van der Waals surface area contributed by atoms with E-state index in [-0.39, 0.29) is 32.5 Å². The van der Waals surface area contributed by atoms with Crippen LogP contribution in [0.15, 0.2) is 48.5 Å². The molecular formula is C24H30Cl2N6O4. The van der Waals surface area contributed by atoms with Crippen molar-refractivity contribution in [3.63, 3.8) is 0 Å². The van der Waals surface area contributed by atoms with Gasteiger partial charge >= 0.3 is 5.97 Å². The van der Waals surface area contributed by atoms with Gasteiger partial charge in [0.2, 0.25) is 11.8 Å². The summed E-state index contributed by atoms with van der Waals surface area (Å²) in [6.07, 6.45) is 0.307. The van der Waals surface area contributed by atoms with Gasteiger partial charge in [-0.3, -0.25) is 29.7 Å². The number of nitrogens with zero attached hydrogens (tertiary/aromatic N) is 2. The summed E-state index contributed by atoms with van der Waals surface area (Å²) in [5.74, 6) is -2.87. The monoisotopic (exact) mass is 536 g/mol. The zero-order valence-corrected chi connectivity index (χ0v) is 21.1. The molecule has 1 unspecified atom stereocenters. The van der Waals surface area contributed by atoms with Gasteiger partial charge in [0.1, 0.15) is 12.5 Å². The predicted octanol–water partition coefficient (Wildman–Crippen LogP) is 2.37. The topological polar surface area (TPSA) is 166 Å². The molecule has 36 heavy (non-hydrogen) atoms. The molecule has 2 aromatic rings. The molecule has 0 fully saturated rings. The number of halogens is 2. The van der Waals surface area contributed by atoms with Crippen LogP contribution in [0.5, 0.6) is 0 Å². The summed E-state index contributed by atoms with van der Waals surface area (Å²) >= 11 is 12.1. The number of nitrogens with one attached hydrogen (secondary N) is 2. The van der Waals surface area contributed by atoms with Gasteiger partial charge in [0.15, 0.2) is 5.96 Å². The van der Waals surface area contributed by atoms with Gasteiger partial charge in [-0.25, -0.2) is 5.43 Å². The lowest BCUT2D eigenvalue weighted by atomic mass is 10.1. The predicted molar refractivity (Wildman–Crippen MR) is 138 cm³/mol. The first kappa shape index (κ1) is 29.1. The Labute approximate surface area is 219 Å². The van der Waals surface area contributed by atoms with E-state index < -0.39 is 36.2 Å². The van der Waals surface area contributed by atoms with E-state index in [1.165, 1.54) is 5.01 Å². The minimum Gasteiger partial charge on any atom is -0.480 e. The van der Waals surface area contributed by atoms with E-state index in [4.69, 9.17) is 45.2 Å². The minimum absolute atomic E-state index is 0.0247. The minimum atomic E-state index is -1.16. The number of carboxylic acid groups (broad SMARTS) is 1. The largest absolute Gasteiger partial charge is 0.480 e. The first-order valence-corrected chi connectivity index (χ1v) is 12.0. The number of carbonyl (C=O) groups excluding carboxylic acids is 2. The van der Waals surface area contributed by atoms with Crippen molar-refractivity contribution in [1.29, 1.82) is 5.41 Å². The van der Waals surface area contributed by atoms with Crippen molar-refractivity contribution in [3.05, 3.63) is 69.7 Å². The van der Waals surface area contributed by atoms with E-state index in [2.05, 4.69) is 5.43 Å². The number of hydrazine groups is 1. The van der Waals surface area contributed by atoms with Crippen molar-refractivity contribution in [2.75, 3.05) is 13.1 Å². The van der Waals surface area contributed by atoms with Crippen LogP contribution in [0.3, 0.4) is 0 Å². The lowest BCUT2D eigenvalue weighted by Crippen LogP contribution is -2.48. The first-order chi connectivity index (χ1) is 17.1. The average Bonchev–Trinajstić information content (AvgIpc) is 2.83. The molecule has 0 aliphatic carbocycles. The molecule has 0 aliphatic heterocycles. The Morgan fingerprint density at radius 3 is 2.31 bits per heavy atom. The van der Waals surface area contributed by atoms with E-state index in [0.29, 0.717) is 16.5 Å². The summed E-state index contributed by atoms with van der Waals surface area (Å²) in [6, 6.07) is 13.6. The molecule has 7 N–H and O–H groups in total.